The van der Waals surface area contributed by atoms with Gasteiger partial charge in [-0.05, 0) is 30.2 Å². The first kappa shape index (κ1) is 25.3. The average molecular weight is 429 g/mol. The summed E-state index contributed by atoms with van der Waals surface area (Å²) >= 11 is 0. The molecule has 1 aliphatic heterocycles. The number of aliphatic hydroxyl groups is 1. The normalized spacial score (nSPS) is 15.5. The molecule has 29 heavy (non-hydrogen) atoms. The maximum atomic E-state index is 11.8. The van der Waals surface area contributed by atoms with E-state index in [0.717, 1.165) is 0 Å². The van der Waals surface area contributed by atoms with Gasteiger partial charge in [0.2, 0.25) is 5.91 Å². The fourth-order valence-electron chi connectivity index (χ4n) is 2.47. The largest absolute Gasteiger partial charge is 1.00 e. The Balaban J connectivity index is 0.00000420. The van der Waals surface area contributed by atoms with Crippen molar-refractivity contribution in [1.29, 1.82) is 0 Å². The van der Waals surface area contributed by atoms with Gasteiger partial charge in [0.25, 0.3) is 0 Å². The van der Waals surface area contributed by atoms with Crippen LogP contribution in [0.15, 0.2) is 59.5 Å². The zero-order valence-corrected chi connectivity index (χ0v) is 18.8. The van der Waals surface area contributed by atoms with E-state index in [9.17, 15) is 27.7 Å². The summed E-state index contributed by atoms with van der Waals surface area (Å²) in [5, 5.41) is 9.87. The summed E-state index contributed by atoms with van der Waals surface area (Å²) in [5.74, 6) is -0.895. The minimum atomic E-state index is -4.48. The zero-order valence-electron chi connectivity index (χ0n) is 16.0. The molecular formula is C19H20NNaO7S. The van der Waals surface area contributed by atoms with Crippen LogP contribution in [0.2, 0.25) is 0 Å². The summed E-state index contributed by atoms with van der Waals surface area (Å²) in [6.07, 6.45) is 6.04. The molecule has 1 aliphatic rings. The molecule has 1 atom stereocenters. The number of hydrogen-bond acceptors (Lipinski definition) is 7. The second kappa shape index (κ2) is 11.4. The molecule has 1 heterocycles. The van der Waals surface area contributed by atoms with Crippen molar-refractivity contribution < 1.29 is 62.0 Å². The van der Waals surface area contributed by atoms with Gasteiger partial charge in [-0.15, -0.1) is 0 Å². The molecule has 0 aromatic heterocycles. The van der Waals surface area contributed by atoms with Gasteiger partial charge in [0.1, 0.15) is 16.7 Å². The van der Waals surface area contributed by atoms with E-state index in [2.05, 4.69) is 6.58 Å². The SMILES string of the molecule is C=C(C=CC=Cc1ccc(S(=O)(=O)[O-])cc1)C(=O)OCC(O)N1CCCC1=O.[Na+]. The Bertz CT molecular complexity index is 907. The van der Waals surface area contributed by atoms with Crippen LogP contribution < -0.4 is 29.6 Å². The van der Waals surface area contributed by atoms with Crippen molar-refractivity contribution in [2.24, 2.45) is 0 Å². The number of hydrogen-bond donors (Lipinski definition) is 1. The molecule has 0 spiro atoms. The van der Waals surface area contributed by atoms with Gasteiger partial charge in [0.05, 0.1) is 10.5 Å². The molecule has 10 heteroatoms. The fraction of sp³-hybridized carbons (Fsp3) is 0.263. The number of likely N-dealkylation sites (tertiary alicyclic amines) is 1. The molecular weight excluding hydrogens is 409 g/mol. The van der Waals surface area contributed by atoms with Gasteiger partial charge < -0.3 is 19.3 Å². The van der Waals surface area contributed by atoms with Crippen molar-refractivity contribution in [2.45, 2.75) is 24.0 Å². The molecule has 0 aliphatic carbocycles. The number of nitrogens with zero attached hydrogens (tertiary/aromatic N) is 1. The van der Waals surface area contributed by atoms with Crippen molar-refractivity contribution in [2.75, 3.05) is 13.2 Å². The van der Waals surface area contributed by atoms with Crippen molar-refractivity contribution in [1.82, 2.24) is 4.90 Å². The van der Waals surface area contributed by atoms with E-state index in [-0.39, 0.29) is 52.5 Å². The van der Waals surface area contributed by atoms with Crippen molar-refractivity contribution in [3.63, 3.8) is 0 Å². The van der Waals surface area contributed by atoms with E-state index >= 15 is 0 Å². The first-order valence-corrected chi connectivity index (χ1v) is 9.83. The summed E-state index contributed by atoms with van der Waals surface area (Å²) in [6, 6.07) is 5.36. The number of carbonyl (C=O) groups is 2. The van der Waals surface area contributed by atoms with Crippen LogP contribution in [-0.2, 0) is 24.4 Å². The molecule has 8 nitrogen and oxygen atoms in total. The van der Waals surface area contributed by atoms with Crippen molar-refractivity contribution in [3.8, 4) is 0 Å². The summed E-state index contributed by atoms with van der Waals surface area (Å²) < 4.78 is 37.5. The molecule has 1 N–H and O–H groups in total. The van der Waals surface area contributed by atoms with E-state index < -0.39 is 22.3 Å². The Morgan fingerprint density at radius 3 is 2.52 bits per heavy atom. The molecule has 1 aromatic carbocycles. The van der Waals surface area contributed by atoms with Gasteiger partial charge in [-0.3, -0.25) is 4.79 Å². The van der Waals surface area contributed by atoms with Gasteiger partial charge >= 0.3 is 35.5 Å². The molecule has 1 saturated heterocycles. The zero-order chi connectivity index (χ0) is 20.7. The maximum absolute atomic E-state index is 11.8. The smallest absolute Gasteiger partial charge is 0.744 e. The van der Waals surface area contributed by atoms with Crippen molar-refractivity contribution in [3.05, 3.63) is 60.2 Å². The first-order chi connectivity index (χ1) is 13.2. The molecule has 1 fully saturated rings. The number of benzene rings is 1. The second-order valence-corrected chi connectivity index (χ2v) is 7.42. The van der Waals surface area contributed by atoms with Gasteiger partial charge in [0.15, 0.2) is 6.23 Å². The van der Waals surface area contributed by atoms with Gasteiger partial charge in [-0.25, -0.2) is 13.2 Å². The van der Waals surface area contributed by atoms with Gasteiger partial charge in [-0.2, -0.15) is 0 Å². The van der Waals surface area contributed by atoms with Crippen LogP contribution in [0.5, 0.6) is 0 Å². The van der Waals surface area contributed by atoms with E-state index in [1.54, 1.807) is 12.2 Å². The average Bonchev–Trinajstić information content (AvgIpc) is 3.08. The summed E-state index contributed by atoms with van der Waals surface area (Å²) in [7, 11) is -4.48. The number of carbonyl (C=O) groups excluding carboxylic acids is 2. The minimum Gasteiger partial charge on any atom is -0.744 e. The van der Waals surface area contributed by atoms with Crippen LogP contribution in [-0.4, -0.2) is 54.2 Å². The van der Waals surface area contributed by atoms with E-state index in [1.165, 1.54) is 41.3 Å². The van der Waals surface area contributed by atoms with E-state index in [1.807, 2.05) is 0 Å². The molecule has 150 valence electrons. The molecule has 0 bridgehead atoms. The van der Waals surface area contributed by atoms with Crippen molar-refractivity contribution >= 4 is 28.1 Å². The molecule has 0 radical (unpaired) electrons. The first-order valence-electron chi connectivity index (χ1n) is 8.43. The molecule has 1 amide bonds. The van der Waals surface area contributed by atoms with Crippen LogP contribution in [0.25, 0.3) is 6.08 Å². The summed E-state index contributed by atoms with van der Waals surface area (Å²) in [6.45, 7) is 3.67. The second-order valence-electron chi connectivity index (χ2n) is 6.04. The standard InChI is InChI=1S/C19H21NO7S.Na/c1-14(19(23)27-13-18(22)20-12-4-7-17(20)21)5-2-3-6-15-8-10-16(11-9-15)28(24,25)26;/h2-3,5-6,8-11,18,22H,1,4,7,12-13H2,(H,24,25,26);/q;+1/p-1. The summed E-state index contributed by atoms with van der Waals surface area (Å²) in [5.41, 5.74) is 0.709. The Morgan fingerprint density at radius 2 is 1.97 bits per heavy atom. The van der Waals surface area contributed by atoms with Crippen LogP contribution in [0, 0.1) is 0 Å². The predicted octanol–water partition coefficient (Wildman–Crippen LogP) is -1.80. The number of esters is 1. The number of amides is 1. The number of rotatable bonds is 8. The molecule has 1 aromatic rings. The quantitative estimate of drug-likeness (QED) is 0.170. The third-order valence-corrected chi connectivity index (χ3v) is 4.81. The summed E-state index contributed by atoms with van der Waals surface area (Å²) in [4.78, 5) is 24.3. The van der Waals surface area contributed by atoms with E-state index in [4.69, 9.17) is 4.74 Å². The number of allylic oxidation sites excluding steroid dienone is 2. The van der Waals surface area contributed by atoms with Gasteiger partial charge in [0, 0.05) is 13.0 Å². The third-order valence-electron chi connectivity index (χ3n) is 3.96. The van der Waals surface area contributed by atoms with Gasteiger partial charge in [-0.1, -0.05) is 36.9 Å². The Hall–Kier alpha value is -1.75. The maximum Gasteiger partial charge on any atom is 1.00 e. The Morgan fingerprint density at radius 1 is 1.31 bits per heavy atom. The third kappa shape index (κ3) is 7.88. The fourth-order valence-corrected chi connectivity index (χ4v) is 2.94. The Kier molecular flexibility index (Phi) is 9.97. The van der Waals surface area contributed by atoms with E-state index in [0.29, 0.717) is 24.9 Å². The Labute approximate surface area is 191 Å². The topological polar surface area (TPSA) is 124 Å². The minimum absolute atomic E-state index is 0. The molecule has 2 rings (SSSR count). The molecule has 1 unspecified atom stereocenters. The monoisotopic (exact) mass is 429 g/mol. The predicted molar refractivity (Wildman–Crippen MR) is 99.6 cm³/mol. The molecule has 0 saturated carbocycles. The van der Waals surface area contributed by atoms with Crippen LogP contribution in [0.1, 0.15) is 18.4 Å². The van der Waals surface area contributed by atoms with Crippen LogP contribution in [0.4, 0.5) is 0 Å². The van der Waals surface area contributed by atoms with Crippen LogP contribution >= 0.6 is 0 Å². The number of aliphatic hydroxyl groups excluding tert-OH is 1. The van der Waals surface area contributed by atoms with Crippen LogP contribution in [0.3, 0.4) is 0 Å². The number of ether oxygens (including phenoxy) is 1.